The number of aromatic nitrogens is 3. The molecule has 1 aromatic heterocycles. The summed E-state index contributed by atoms with van der Waals surface area (Å²) in [6, 6.07) is 9.19. The van der Waals surface area contributed by atoms with Gasteiger partial charge in [-0.2, -0.15) is 0 Å². The van der Waals surface area contributed by atoms with Crippen molar-refractivity contribution in [1.82, 2.24) is 25.0 Å². The van der Waals surface area contributed by atoms with Crippen molar-refractivity contribution in [3.05, 3.63) is 47.5 Å². The van der Waals surface area contributed by atoms with Gasteiger partial charge in [-0.15, -0.1) is 10.2 Å². The molecular formula is C22H29N5O2. The topological polar surface area (TPSA) is 80.1 Å². The van der Waals surface area contributed by atoms with Gasteiger partial charge in [-0.3, -0.25) is 9.59 Å². The van der Waals surface area contributed by atoms with Crippen LogP contribution >= 0.6 is 0 Å². The van der Waals surface area contributed by atoms with E-state index in [-0.39, 0.29) is 17.9 Å². The number of hydrogen-bond donors (Lipinski definition) is 1. The molecule has 1 saturated heterocycles. The minimum absolute atomic E-state index is 0.0424. The first-order valence-corrected chi connectivity index (χ1v) is 10.8. The number of carbonyl (C=O) groups excluding carboxylic acids is 2. The Morgan fingerprint density at radius 1 is 1.03 bits per heavy atom. The van der Waals surface area contributed by atoms with Crippen molar-refractivity contribution in [3.63, 3.8) is 0 Å². The molecule has 2 aliphatic heterocycles. The standard InChI is InChI=1S/C22H29N5O2/c28-20(13-7-14-23-22(29)17-9-3-1-4-10-17)26-16-8-11-18(26)21-25-24-19-12-5-2-6-15-27(19)21/h1,3-4,9-10,18H,2,5-8,11-16H2,(H,23,29). The number of fused-ring (bicyclic) bond motifs is 1. The number of carbonyl (C=O) groups is 2. The number of hydrogen-bond acceptors (Lipinski definition) is 4. The van der Waals surface area contributed by atoms with E-state index in [9.17, 15) is 9.59 Å². The summed E-state index contributed by atoms with van der Waals surface area (Å²) in [5, 5.41) is 11.8. The molecule has 0 aliphatic carbocycles. The smallest absolute Gasteiger partial charge is 0.251 e. The Bertz CT molecular complexity index is 848. The number of amides is 2. The van der Waals surface area contributed by atoms with E-state index in [1.807, 2.05) is 23.1 Å². The minimum atomic E-state index is -0.0942. The average molecular weight is 396 g/mol. The lowest BCUT2D eigenvalue weighted by molar-refractivity contribution is -0.132. The first-order chi connectivity index (χ1) is 14.2. The number of likely N-dealkylation sites (tertiary alicyclic amines) is 1. The van der Waals surface area contributed by atoms with Crippen LogP contribution < -0.4 is 5.32 Å². The molecule has 0 saturated carbocycles. The lowest BCUT2D eigenvalue weighted by Crippen LogP contribution is -2.33. The highest BCUT2D eigenvalue weighted by Crippen LogP contribution is 2.32. The highest BCUT2D eigenvalue weighted by atomic mass is 16.2. The Morgan fingerprint density at radius 3 is 2.76 bits per heavy atom. The van der Waals surface area contributed by atoms with Crippen LogP contribution in [0.5, 0.6) is 0 Å². The molecule has 29 heavy (non-hydrogen) atoms. The summed E-state index contributed by atoms with van der Waals surface area (Å²) >= 11 is 0. The molecule has 0 bridgehead atoms. The van der Waals surface area contributed by atoms with Gasteiger partial charge in [0.1, 0.15) is 5.82 Å². The van der Waals surface area contributed by atoms with Gasteiger partial charge in [-0.1, -0.05) is 24.6 Å². The molecule has 4 rings (SSSR count). The zero-order valence-electron chi connectivity index (χ0n) is 16.8. The van der Waals surface area contributed by atoms with Crippen molar-refractivity contribution in [2.75, 3.05) is 13.1 Å². The molecule has 7 nitrogen and oxygen atoms in total. The van der Waals surface area contributed by atoms with Crippen LogP contribution in [0.4, 0.5) is 0 Å². The summed E-state index contributed by atoms with van der Waals surface area (Å²) in [6.07, 6.45) is 7.56. The Hall–Kier alpha value is -2.70. The molecule has 1 fully saturated rings. The molecular weight excluding hydrogens is 366 g/mol. The molecule has 0 radical (unpaired) electrons. The number of aryl methyl sites for hydroxylation is 1. The zero-order chi connectivity index (χ0) is 20.1. The molecule has 2 amide bonds. The van der Waals surface area contributed by atoms with Gasteiger partial charge in [-0.05, 0) is 44.2 Å². The first-order valence-electron chi connectivity index (χ1n) is 10.8. The summed E-state index contributed by atoms with van der Waals surface area (Å²) in [5.41, 5.74) is 0.644. The monoisotopic (exact) mass is 395 g/mol. The van der Waals surface area contributed by atoms with Crippen molar-refractivity contribution in [1.29, 1.82) is 0 Å². The van der Waals surface area contributed by atoms with Gasteiger partial charge >= 0.3 is 0 Å². The van der Waals surface area contributed by atoms with Gasteiger partial charge in [0.05, 0.1) is 6.04 Å². The molecule has 1 aromatic carbocycles. The lowest BCUT2D eigenvalue weighted by Gasteiger charge is -2.25. The van der Waals surface area contributed by atoms with E-state index in [0.29, 0.717) is 24.9 Å². The maximum atomic E-state index is 12.9. The van der Waals surface area contributed by atoms with Crippen molar-refractivity contribution in [2.45, 2.75) is 64.0 Å². The molecule has 1 N–H and O–H groups in total. The summed E-state index contributed by atoms with van der Waals surface area (Å²) in [6.45, 7) is 2.24. The summed E-state index contributed by atoms with van der Waals surface area (Å²) in [7, 11) is 0. The first kappa shape index (κ1) is 19.6. The van der Waals surface area contributed by atoms with E-state index in [0.717, 1.165) is 50.4 Å². The molecule has 154 valence electrons. The Balaban J connectivity index is 1.31. The minimum Gasteiger partial charge on any atom is -0.352 e. The largest absolute Gasteiger partial charge is 0.352 e. The van der Waals surface area contributed by atoms with Gasteiger partial charge in [-0.25, -0.2) is 0 Å². The number of nitrogens with one attached hydrogen (secondary N) is 1. The third kappa shape index (κ3) is 4.49. The number of rotatable bonds is 6. The molecule has 2 aliphatic rings. The number of benzene rings is 1. The van der Waals surface area contributed by atoms with E-state index >= 15 is 0 Å². The second-order valence-corrected chi connectivity index (χ2v) is 7.91. The van der Waals surface area contributed by atoms with E-state index in [1.54, 1.807) is 12.1 Å². The van der Waals surface area contributed by atoms with Gasteiger partial charge < -0.3 is 14.8 Å². The van der Waals surface area contributed by atoms with Crippen molar-refractivity contribution < 1.29 is 9.59 Å². The fourth-order valence-corrected chi connectivity index (χ4v) is 4.36. The fraction of sp³-hybridized carbons (Fsp3) is 0.545. The number of nitrogens with zero attached hydrogens (tertiary/aromatic N) is 4. The molecule has 7 heteroatoms. The van der Waals surface area contributed by atoms with Crippen LogP contribution in [0.2, 0.25) is 0 Å². The van der Waals surface area contributed by atoms with E-state index in [1.165, 1.54) is 12.8 Å². The van der Waals surface area contributed by atoms with Crippen molar-refractivity contribution in [2.24, 2.45) is 0 Å². The quantitative estimate of drug-likeness (QED) is 0.763. The Kier molecular flexibility index (Phi) is 6.22. The predicted molar refractivity (Wildman–Crippen MR) is 109 cm³/mol. The van der Waals surface area contributed by atoms with Crippen LogP contribution in [0.15, 0.2) is 30.3 Å². The fourth-order valence-electron chi connectivity index (χ4n) is 4.36. The summed E-state index contributed by atoms with van der Waals surface area (Å²) in [5.74, 6) is 2.08. The summed E-state index contributed by atoms with van der Waals surface area (Å²) < 4.78 is 2.25. The Morgan fingerprint density at radius 2 is 1.90 bits per heavy atom. The predicted octanol–water partition coefficient (Wildman–Crippen LogP) is 2.88. The van der Waals surface area contributed by atoms with Crippen LogP contribution in [0.25, 0.3) is 0 Å². The highest BCUT2D eigenvalue weighted by Gasteiger charge is 2.34. The van der Waals surface area contributed by atoms with E-state index < -0.39 is 0 Å². The maximum Gasteiger partial charge on any atom is 0.251 e. The third-order valence-electron chi connectivity index (χ3n) is 5.90. The van der Waals surface area contributed by atoms with Crippen LogP contribution in [-0.2, 0) is 17.8 Å². The molecule has 1 unspecified atom stereocenters. The lowest BCUT2D eigenvalue weighted by atomic mass is 10.2. The molecule has 3 heterocycles. The van der Waals surface area contributed by atoms with Gasteiger partial charge in [0.25, 0.3) is 5.91 Å². The normalized spacial score (nSPS) is 18.9. The third-order valence-corrected chi connectivity index (χ3v) is 5.90. The SMILES string of the molecule is O=C(NCCCC(=O)N1CCCC1c1nnc2n1CCCCC2)c1ccccc1. The van der Waals surface area contributed by atoms with Crippen molar-refractivity contribution >= 4 is 11.8 Å². The van der Waals surface area contributed by atoms with Crippen molar-refractivity contribution in [3.8, 4) is 0 Å². The second kappa shape index (κ2) is 9.20. The van der Waals surface area contributed by atoms with Crippen LogP contribution in [0.3, 0.4) is 0 Å². The second-order valence-electron chi connectivity index (χ2n) is 7.91. The summed E-state index contributed by atoms with van der Waals surface area (Å²) in [4.78, 5) is 26.9. The Labute approximate surface area is 171 Å². The van der Waals surface area contributed by atoms with Crippen LogP contribution in [0.1, 0.15) is 73.0 Å². The van der Waals surface area contributed by atoms with E-state index in [2.05, 4.69) is 20.1 Å². The maximum absolute atomic E-state index is 12.9. The van der Waals surface area contributed by atoms with Crippen LogP contribution in [0, 0.1) is 0 Å². The average Bonchev–Trinajstić information content (AvgIpc) is 3.32. The van der Waals surface area contributed by atoms with Crippen LogP contribution in [-0.4, -0.2) is 44.6 Å². The van der Waals surface area contributed by atoms with Gasteiger partial charge in [0.15, 0.2) is 5.82 Å². The zero-order valence-corrected chi connectivity index (χ0v) is 16.8. The highest BCUT2D eigenvalue weighted by molar-refractivity contribution is 5.94. The van der Waals surface area contributed by atoms with E-state index in [4.69, 9.17) is 0 Å². The molecule has 0 spiro atoms. The molecule has 1 atom stereocenters. The molecule has 2 aromatic rings. The van der Waals surface area contributed by atoms with Gasteiger partial charge in [0, 0.05) is 38.0 Å². The van der Waals surface area contributed by atoms with Gasteiger partial charge in [0.2, 0.25) is 5.91 Å².